The lowest BCUT2D eigenvalue weighted by molar-refractivity contribution is 0.0994. The molecule has 0 spiro atoms. The quantitative estimate of drug-likeness (QED) is 0.725. The van der Waals surface area contributed by atoms with Crippen molar-refractivity contribution in [1.29, 1.82) is 0 Å². The zero-order valence-electron chi connectivity index (χ0n) is 11.8. The number of nitrogen functional groups attached to an aromatic ring is 1. The third-order valence-corrected chi connectivity index (χ3v) is 3.62. The van der Waals surface area contributed by atoms with Crippen molar-refractivity contribution in [2.75, 3.05) is 17.7 Å². The summed E-state index contributed by atoms with van der Waals surface area (Å²) >= 11 is 0. The van der Waals surface area contributed by atoms with Gasteiger partial charge in [-0.1, -0.05) is 48.5 Å². The summed E-state index contributed by atoms with van der Waals surface area (Å²) in [5.41, 5.74) is 7.94. The van der Waals surface area contributed by atoms with Crippen LogP contribution in [0, 0.1) is 0 Å². The van der Waals surface area contributed by atoms with E-state index < -0.39 is 0 Å². The minimum Gasteiger partial charge on any atom is -0.397 e. The van der Waals surface area contributed by atoms with Crippen LogP contribution in [0.5, 0.6) is 0 Å². The second-order valence-electron chi connectivity index (χ2n) is 4.95. The third-order valence-electron chi connectivity index (χ3n) is 3.62. The molecule has 3 aromatic rings. The van der Waals surface area contributed by atoms with Gasteiger partial charge in [-0.25, -0.2) is 0 Å². The molecule has 3 rings (SSSR count). The Morgan fingerprint density at radius 3 is 2.38 bits per heavy atom. The molecule has 0 radical (unpaired) electrons. The summed E-state index contributed by atoms with van der Waals surface area (Å²) < 4.78 is 0. The lowest BCUT2D eigenvalue weighted by Crippen LogP contribution is -2.27. The minimum atomic E-state index is -0.0651. The maximum absolute atomic E-state index is 12.8. The second-order valence-corrected chi connectivity index (χ2v) is 4.95. The van der Waals surface area contributed by atoms with Gasteiger partial charge in [0.05, 0.1) is 11.4 Å². The molecule has 0 aliphatic rings. The van der Waals surface area contributed by atoms with Gasteiger partial charge in [0.25, 0.3) is 5.91 Å². The number of nitrogens with two attached hydrogens (primary N) is 1. The molecule has 3 nitrogen and oxygen atoms in total. The van der Waals surface area contributed by atoms with Crippen LogP contribution in [0.4, 0.5) is 11.4 Å². The van der Waals surface area contributed by atoms with Crippen molar-refractivity contribution >= 4 is 28.1 Å². The fraction of sp³-hybridized carbons (Fsp3) is 0.0556. The molecule has 104 valence electrons. The number of para-hydroxylation sites is 2. The summed E-state index contributed by atoms with van der Waals surface area (Å²) in [6.07, 6.45) is 0. The maximum Gasteiger partial charge on any atom is 0.258 e. The molecule has 3 aromatic carbocycles. The van der Waals surface area contributed by atoms with Crippen molar-refractivity contribution in [2.24, 2.45) is 0 Å². The van der Waals surface area contributed by atoms with Gasteiger partial charge >= 0.3 is 0 Å². The van der Waals surface area contributed by atoms with E-state index in [0.29, 0.717) is 11.3 Å². The van der Waals surface area contributed by atoms with E-state index in [-0.39, 0.29) is 5.91 Å². The van der Waals surface area contributed by atoms with Crippen molar-refractivity contribution < 1.29 is 4.79 Å². The van der Waals surface area contributed by atoms with E-state index in [1.54, 1.807) is 18.0 Å². The number of rotatable bonds is 2. The molecule has 3 heteroatoms. The number of nitrogens with zero attached hydrogens (tertiary/aromatic N) is 1. The smallest absolute Gasteiger partial charge is 0.258 e. The molecule has 2 N–H and O–H groups in total. The molecule has 0 bridgehead atoms. The number of amides is 1. The van der Waals surface area contributed by atoms with Gasteiger partial charge < -0.3 is 10.6 Å². The van der Waals surface area contributed by atoms with Crippen LogP contribution >= 0.6 is 0 Å². The van der Waals surface area contributed by atoms with Gasteiger partial charge in [0, 0.05) is 12.6 Å². The highest BCUT2D eigenvalue weighted by atomic mass is 16.2. The van der Waals surface area contributed by atoms with Gasteiger partial charge in [-0.2, -0.15) is 0 Å². The molecule has 1 amide bonds. The minimum absolute atomic E-state index is 0.0651. The number of carbonyl (C=O) groups is 1. The molecule has 0 fully saturated rings. The Balaban J connectivity index is 2.07. The Morgan fingerprint density at radius 1 is 0.905 bits per heavy atom. The third kappa shape index (κ3) is 2.34. The lowest BCUT2D eigenvalue weighted by Gasteiger charge is -2.20. The number of carbonyl (C=O) groups excluding carboxylic acids is 1. The molecule has 0 heterocycles. The first kappa shape index (κ1) is 13.2. The highest BCUT2D eigenvalue weighted by Gasteiger charge is 2.17. The molecular weight excluding hydrogens is 260 g/mol. The Morgan fingerprint density at radius 2 is 1.57 bits per heavy atom. The molecule has 0 aliphatic carbocycles. The van der Waals surface area contributed by atoms with E-state index in [2.05, 4.69) is 0 Å². The Bertz CT molecular complexity index is 806. The van der Waals surface area contributed by atoms with Crippen molar-refractivity contribution in [2.45, 2.75) is 0 Å². The zero-order chi connectivity index (χ0) is 14.8. The predicted molar refractivity (Wildman–Crippen MR) is 87.5 cm³/mol. The van der Waals surface area contributed by atoms with E-state index >= 15 is 0 Å². The van der Waals surface area contributed by atoms with Gasteiger partial charge in [-0.15, -0.1) is 0 Å². The second kappa shape index (κ2) is 5.29. The monoisotopic (exact) mass is 276 g/mol. The molecule has 0 saturated heterocycles. The molecule has 0 unspecified atom stereocenters. The molecule has 0 saturated carbocycles. The largest absolute Gasteiger partial charge is 0.397 e. The molecule has 0 aromatic heterocycles. The average molecular weight is 276 g/mol. The molecule has 0 atom stereocenters. The topological polar surface area (TPSA) is 46.3 Å². The summed E-state index contributed by atoms with van der Waals surface area (Å²) in [6.45, 7) is 0. The predicted octanol–water partition coefficient (Wildman–Crippen LogP) is 3.70. The number of hydrogen-bond donors (Lipinski definition) is 1. The molecule has 0 aliphatic heterocycles. The van der Waals surface area contributed by atoms with Crippen LogP contribution in [-0.2, 0) is 0 Å². The van der Waals surface area contributed by atoms with Crippen LogP contribution in [0.15, 0.2) is 66.7 Å². The van der Waals surface area contributed by atoms with Gasteiger partial charge in [-0.3, -0.25) is 4.79 Å². The molecule has 21 heavy (non-hydrogen) atoms. The fourth-order valence-corrected chi connectivity index (χ4v) is 2.49. The van der Waals surface area contributed by atoms with Crippen LogP contribution in [0.3, 0.4) is 0 Å². The van der Waals surface area contributed by atoms with E-state index in [1.165, 1.54) is 0 Å². The average Bonchev–Trinajstić information content (AvgIpc) is 2.53. The number of benzene rings is 3. The Labute approximate surface area is 123 Å². The number of anilines is 2. The molecular formula is C18H16N2O. The van der Waals surface area contributed by atoms with Crippen LogP contribution in [0.2, 0.25) is 0 Å². The lowest BCUT2D eigenvalue weighted by atomic mass is 10.0. The zero-order valence-corrected chi connectivity index (χ0v) is 11.8. The summed E-state index contributed by atoms with van der Waals surface area (Å²) in [7, 11) is 1.75. The highest BCUT2D eigenvalue weighted by Crippen LogP contribution is 2.25. The fourth-order valence-electron chi connectivity index (χ4n) is 2.49. The summed E-state index contributed by atoms with van der Waals surface area (Å²) in [4.78, 5) is 14.4. The van der Waals surface area contributed by atoms with E-state index in [1.807, 2.05) is 60.7 Å². The van der Waals surface area contributed by atoms with Crippen LogP contribution in [0.25, 0.3) is 10.8 Å². The van der Waals surface area contributed by atoms with Gasteiger partial charge in [0.1, 0.15) is 0 Å². The van der Waals surface area contributed by atoms with Crippen molar-refractivity contribution in [3.05, 3.63) is 72.3 Å². The first-order valence-corrected chi connectivity index (χ1v) is 6.79. The van der Waals surface area contributed by atoms with Crippen molar-refractivity contribution in [3.63, 3.8) is 0 Å². The van der Waals surface area contributed by atoms with Crippen molar-refractivity contribution in [3.8, 4) is 0 Å². The first-order valence-electron chi connectivity index (χ1n) is 6.79. The van der Waals surface area contributed by atoms with Gasteiger partial charge in [0.2, 0.25) is 0 Å². The van der Waals surface area contributed by atoms with Gasteiger partial charge in [0.15, 0.2) is 0 Å². The number of hydrogen-bond acceptors (Lipinski definition) is 2. The van der Waals surface area contributed by atoms with Crippen LogP contribution in [-0.4, -0.2) is 13.0 Å². The van der Waals surface area contributed by atoms with Crippen LogP contribution in [0.1, 0.15) is 10.4 Å². The summed E-state index contributed by atoms with van der Waals surface area (Å²) in [6, 6.07) is 21.0. The summed E-state index contributed by atoms with van der Waals surface area (Å²) in [5.74, 6) is -0.0651. The van der Waals surface area contributed by atoms with Gasteiger partial charge in [-0.05, 0) is 29.0 Å². The Kier molecular flexibility index (Phi) is 3.32. The summed E-state index contributed by atoms with van der Waals surface area (Å²) in [5, 5.41) is 2.00. The maximum atomic E-state index is 12.8. The first-order chi connectivity index (χ1) is 10.2. The normalized spacial score (nSPS) is 10.5. The highest BCUT2D eigenvalue weighted by molar-refractivity contribution is 6.14. The SMILES string of the molecule is CN(C(=O)c1cccc2ccccc12)c1ccccc1N. The van der Waals surface area contributed by atoms with Crippen molar-refractivity contribution in [1.82, 2.24) is 0 Å². The number of fused-ring (bicyclic) bond motifs is 1. The van der Waals surface area contributed by atoms with Crippen LogP contribution < -0.4 is 10.6 Å². The standard InChI is InChI=1S/C18H16N2O/c1-20(17-12-5-4-11-16(17)19)18(21)15-10-6-8-13-7-2-3-9-14(13)15/h2-12H,19H2,1H3. The van der Waals surface area contributed by atoms with E-state index in [4.69, 9.17) is 5.73 Å². The Hall–Kier alpha value is -2.81. The van der Waals surface area contributed by atoms with E-state index in [9.17, 15) is 4.79 Å². The van der Waals surface area contributed by atoms with E-state index in [0.717, 1.165) is 16.5 Å².